The van der Waals surface area contributed by atoms with Crippen LogP contribution in [0.15, 0.2) is 42.5 Å². The number of nitrogens with two attached hydrogens (primary N) is 1. The summed E-state index contributed by atoms with van der Waals surface area (Å²) in [7, 11) is 0. The van der Waals surface area contributed by atoms with Crippen LogP contribution in [-0.4, -0.2) is 0 Å². The van der Waals surface area contributed by atoms with Gasteiger partial charge in [-0.05, 0) is 61.4 Å². The predicted octanol–water partition coefficient (Wildman–Crippen LogP) is 4.77. The quantitative estimate of drug-likeness (QED) is 0.876. The molecule has 0 amide bonds. The molecule has 0 bridgehead atoms. The molecule has 0 unspecified atom stereocenters. The molecule has 0 saturated carbocycles. The first kappa shape index (κ1) is 14.2. The second kappa shape index (κ2) is 6.31. The summed E-state index contributed by atoms with van der Waals surface area (Å²) in [5, 5.41) is 0. The van der Waals surface area contributed by atoms with E-state index in [9.17, 15) is 0 Å². The minimum Gasteiger partial charge on any atom is -0.457 e. The first-order valence-corrected chi connectivity index (χ1v) is 7.92. The number of rotatable bonds is 4. The molecule has 0 fully saturated rings. The van der Waals surface area contributed by atoms with Gasteiger partial charge in [0.1, 0.15) is 11.5 Å². The number of aryl methyl sites for hydroxylation is 2. The van der Waals surface area contributed by atoms with Crippen LogP contribution in [0.2, 0.25) is 0 Å². The lowest BCUT2D eigenvalue weighted by atomic mass is 9.92. The van der Waals surface area contributed by atoms with Crippen molar-refractivity contribution in [2.24, 2.45) is 5.73 Å². The Bertz CT molecular complexity index is 621. The van der Waals surface area contributed by atoms with Crippen LogP contribution >= 0.6 is 0 Å². The van der Waals surface area contributed by atoms with Crippen molar-refractivity contribution in [2.75, 3.05) is 0 Å². The van der Waals surface area contributed by atoms with Crippen LogP contribution < -0.4 is 10.5 Å². The van der Waals surface area contributed by atoms with Crippen LogP contribution in [0, 0.1) is 0 Å². The minimum absolute atomic E-state index is 0.0267. The van der Waals surface area contributed by atoms with Gasteiger partial charge in [0.25, 0.3) is 0 Å². The Morgan fingerprint density at radius 1 is 1.05 bits per heavy atom. The average Bonchev–Trinajstić information content (AvgIpc) is 2.54. The number of para-hydroxylation sites is 1. The smallest absolute Gasteiger partial charge is 0.132 e. The molecule has 1 atom stereocenters. The molecule has 110 valence electrons. The highest BCUT2D eigenvalue weighted by molar-refractivity contribution is 5.42. The van der Waals surface area contributed by atoms with Crippen molar-refractivity contribution in [1.29, 1.82) is 0 Å². The third kappa shape index (κ3) is 3.11. The van der Waals surface area contributed by atoms with Crippen molar-refractivity contribution in [3.05, 3.63) is 59.2 Å². The molecule has 21 heavy (non-hydrogen) atoms. The van der Waals surface area contributed by atoms with Crippen LogP contribution in [0.3, 0.4) is 0 Å². The topological polar surface area (TPSA) is 35.2 Å². The number of hydrogen-bond donors (Lipinski definition) is 1. The van der Waals surface area contributed by atoms with Crippen LogP contribution in [0.25, 0.3) is 0 Å². The first-order valence-electron chi connectivity index (χ1n) is 7.92. The highest BCUT2D eigenvalue weighted by Crippen LogP contribution is 2.32. The molecule has 0 saturated heterocycles. The van der Waals surface area contributed by atoms with Gasteiger partial charge in [0.15, 0.2) is 0 Å². The Labute approximate surface area is 126 Å². The number of fused-ring (bicyclic) bond motifs is 1. The molecule has 2 aromatic rings. The van der Waals surface area contributed by atoms with E-state index < -0.39 is 0 Å². The normalized spacial score (nSPS) is 15.3. The lowest BCUT2D eigenvalue weighted by molar-refractivity contribution is 0.467. The summed E-state index contributed by atoms with van der Waals surface area (Å²) < 4.78 is 6.12. The van der Waals surface area contributed by atoms with Crippen molar-refractivity contribution in [2.45, 2.75) is 45.1 Å². The van der Waals surface area contributed by atoms with Gasteiger partial charge in [-0.15, -0.1) is 0 Å². The zero-order chi connectivity index (χ0) is 14.7. The molecule has 0 heterocycles. The van der Waals surface area contributed by atoms with E-state index in [1.165, 1.54) is 36.8 Å². The van der Waals surface area contributed by atoms with Crippen LogP contribution in [0.5, 0.6) is 11.5 Å². The standard InChI is InChI=1S/C19H23NO/c1-2-18(20)17-9-5-6-10-19(17)21-16-12-11-14-7-3-4-8-15(14)13-16/h5-6,9-13,18H,2-4,7-8,20H2,1H3/t18-/m1/s1. The molecule has 3 rings (SSSR count). The molecule has 0 radical (unpaired) electrons. The molecular weight excluding hydrogens is 258 g/mol. The largest absolute Gasteiger partial charge is 0.457 e. The molecule has 0 aliphatic heterocycles. The van der Waals surface area contributed by atoms with E-state index in [1.807, 2.05) is 18.2 Å². The van der Waals surface area contributed by atoms with E-state index >= 15 is 0 Å². The maximum atomic E-state index is 6.18. The van der Waals surface area contributed by atoms with Gasteiger partial charge in [-0.1, -0.05) is 31.2 Å². The van der Waals surface area contributed by atoms with E-state index in [0.717, 1.165) is 23.5 Å². The maximum absolute atomic E-state index is 6.18. The Balaban J connectivity index is 1.87. The average molecular weight is 281 g/mol. The van der Waals surface area contributed by atoms with Gasteiger partial charge in [-0.3, -0.25) is 0 Å². The number of benzene rings is 2. The Morgan fingerprint density at radius 3 is 2.62 bits per heavy atom. The maximum Gasteiger partial charge on any atom is 0.132 e. The summed E-state index contributed by atoms with van der Waals surface area (Å²) in [4.78, 5) is 0. The van der Waals surface area contributed by atoms with Gasteiger partial charge in [0.2, 0.25) is 0 Å². The molecule has 2 aromatic carbocycles. The van der Waals surface area contributed by atoms with Gasteiger partial charge in [-0.25, -0.2) is 0 Å². The lowest BCUT2D eigenvalue weighted by Crippen LogP contribution is -2.10. The Morgan fingerprint density at radius 2 is 1.81 bits per heavy atom. The second-order valence-electron chi connectivity index (χ2n) is 5.79. The van der Waals surface area contributed by atoms with E-state index in [4.69, 9.17) is 10.5 Å². The second-order valence-corrected chi connectivity index (χ2v) is 5.79. The van der Waals surface area contributed by atoms with E-state index in [-0.39, 0.29) is 6.04 Å². The Kier molecular flexibility index (Phi) is 4.26. The molecule has 0 spiro atoms. The number of hydrogen-bond acceptors (Lipinski definition) is 2. The molecule has 2 nitrogen and oxygen atoms in total. The molecular formula is C19H23NO. The lowest BCUT2D eigenvalue weighted by Gasteiger charge is -2.18. The third-order valence-corrected chi connectivity index (χ3v) is 4.31. The minimum atomic E-state index is 0.0267. The fraction of sp³-hybridized carbons (Fsp3) is 0.368. The summed E-state index contributed by atoms with van der Waals surface area (Å²) in [6.45, 7) is 2.10. The van der Waals surface area contributed by atoms with Crippen LogP contribution in [-0.2, 0) is 12.8 Å². The molecule has 2 N–H and O–H groups in total. The summed E-state index contributed by atoms with van der Waals surface area (Å²) in [5.74, 6) is 1.80. The van der Waals surface area contributed by atoms with Crippen LogP contribution in [0.4, 0.5) is 0 Å². The van der Waals surface area contributed by atoms with Crippen molar-refractivity contribution in [3.8, 4) is 11.5 Å². The van der Waals surface area contributed by atoms with Gasteiger partial charge in [0, 0.05) is 11.6 Å². The highest BCUT2D eigenvalue weighted by atomic mass is 16.5. The van der Waals surface area contributed by atoms with Gasteiger partial charge < -0.3 is 10.5 Å². The van der Waals surface area contributed by atoms with Gasteiger partial charge in [-0.2, -0.15) is 0 Å². The van der Waals surface area contributed by atoms with Crippen molar-refractivity contribution >= 4 is 0 Å². The summed E-state index contributed by atoms with van der Waals surface area (Å²) in [5.41, 5.74) is 10.2. The molecule has 1 aliphatic carbocycles. The molecule has 1 aliphatic rings. The first-order chi connectivity index (χ1) is 10.3. The fourth-order valence-electron chi connectivity index (χ4n) is 3.00. The number of ether oxygens (including phenoxy) is 1. The summed E-state index contributed by atoms with van der Waals surface area (Å²) >= 11 is 0. The predicted molar refractivity (Wildman–Crippen MR) is 86.8 cm³/mol. The monoisotopic (exact) mass is 281 g/mol. The van der Waals surface area contributed by atoms with E-state index in [2.05, 4.69) is 31.2 Å². The summed E-state index contributed by atoms with van der Waals surface area (Å²) in [6.07, 6.45) is 5.87. The van der Waals surface area contributed by atoms with Crippen molar-refractivity contribution in [1.82, 2.24) is 0 Å². The van der Waals surface area contributed by atoms with Crippen molar-refractivity contribution < 1.29 is 4.74 Å². The zero-order valence-corrected chi connectivity index (χ0v) is 12.6. The SMILES string of the molecule is CC[C@@H](N)c1ccccc1Oc1ccc2c(c1)CCCC2. The van der Waals surface area contributed by atoms with Gasteiger partial charge >= 0.3 is 0 Å². The van der Waals surface area contributed by atoms with E-state index in [1.54, 1.807) is 0 Å². The third-order valence-electron chi connectivity index (χ3n) is 4.31. The van der Waals surface area contributed by atoms with Crippen molar-refractivity contribution in [3.63, 3.8) is 0 Å². The summed E-state index contributed by atoms with van der Waals surface area (Å²) in [6, 6.07) is 14.6. The van der Waals surface area contributed by atoms with E-state index in [0.29, 0.717) is 0 Å². The Hall–Kier alpha value is -1.80. The molecule has 2 heteroatoms. The fourth-order valence-corrected chi connectivity index (χ4v) is 3.00. The zero-order valence-electron chi connectivity index (χ0n) is 12.6. The van der Waals surface area contributed by atoms with Gasteiger partial charge in [0.05, 0.1) is 0 Å². The molecule has 0 aromatic heterocycles. The van der Waals surface area contributed by atoms with Crippen LogP contribution in [0.1, 0.15) is 48.9 Å². The highest BCUT2D eigenvalue weighted by Gasteiger charge is 2.13.